The Labute approximate surface area is 107 Å². The maximum Gasteiger partial charge on any atom is 0.359 e. The van der Waals surface area contributed by atoms with Gasteiger partial charge in [-0.25, -0.2) is 4.79 Å². The molecule has 2 rings (SSSR count). The van der Waals surface area contributed by atoms with E-state index in [-0.39, 0.29) is 5.69 Å². The van der Waals surface area contributed by atoms with Gasteiger partial charge in [0.1, 0.15) is 11.3 Å². The quantitative estimate of drug-likeness (QED) is 0.648. The van der Waals surface area contributed by atoms with Gasteiger partial charge in [0.2, 0.25) is 0 Å². The summed E-state index contributed by atoms with van der Waals surface area (Å²) in [5, 5.41) is 0.903. The lowest BCUT2D eigenvalue weighted by Crippen LogP contribution is -2.06. The summed E-state index contributed by atoms with van der Waals surface area (Å²) in [7, 11) is 0. The van der Waals surface area contributed by atoms with Crippen LogP contribution in [0.15, 0.2) is 33.5 Å². The topological polar surface area (TPSA) is 56.2 Å². The van der Waals surface area contributed by atoms with E-state index in [1.165, 1.54) is 19.3 Å². The normalized spacial score (nSPS) is 10.9. The molecule has 3 heteroatoms. The number of nitrogens with two attached hydrogens (primary N) is 1. The SMILES string of the molecule is CCCCCCc1cccc2cc(N)c(=O)oc12. The number of hydrogen-bond acceptors (Lipinski definition) is 3. The van der Waals surface area contributed by atoms with Crippen molar-refractivity contribution in [1.29, 1.82) is 0 Å². The van der Waals surface area contributed by atoms with Crippen molar-refractivity contribution in [3.63, 3.8) is 0 Å². The number of aryl methyl sites for hydroxylation is 1. The zero-order valence-electron chi connectivity index (χ0n) is 10.7. The van der Waals surface area contributed by atoms with Crippen LogP contribution in [0.4, 0.5) is 5.69 Å². The van der Waals surface area contributed by atoms with E-state index in [1.807, 2.05) is 18.2 Å². The van der Waals surface area contributed by atoms with Gasteiger partial charge in [0, 0.05) is 5.39 Å². The summed E-state index contributed by atoms with van der Waals surface area (Å²) in [6, 6.07) is 7.62. The van der Waals surface area contributed by atoms with Gasteiger partial charge < -0.3 is 10.2 Å². The molecule has 0 unspecified atom stereocenters. The lowest BCUT2D eigenvalue weighted by atomic mass is 10.0. The zero-order valence-corrected chi connectivity index (χ0v) is 10.7. The van der Waals surface area contributed by atoms with Gasteiger partial charge in [0.25, 0.3) is 0 Å². The Morgan fingerprint density at radius 1 is 1.22 bits per heavy atom. The Morgan fingerprint density at radius 2 is 2.06 bits per heavy atom. The second-order valence-corrected chi connectivity index (χ2v) is 4.64. The van der Waals surface area contributed by atoms with E-state index in [2.05, 4.69) is 6.92 Å². The number of benzene rings is 1. The number of fused-ring (bicyclic) bond motifs is 1. The number of nitrogen functional groups attached to an aromatic ring is 1. The van der Waals surface area contributed by atoms with Crippen molar-refractivity contribution in [2.75, 3.05) is 5.73 Å². The van der Waals surface area contributed by atoms with Gasteiger partial charge in [-0.15, -0.1) is 0 Å². The molecule has 0 amide bonds. The van der Waals surface area contributed by atoms with E-state index in [1.54, 1.807) is 6.07 Å². The molecule has 0 atom stereocenters. The van der Waals surface area contributed by atoms with E-state index in [9.17, 15) is 4.79 Å². The Balaban J connectivity index is 2.27. The van der Waals surface area contributed by atoms with Crippen molar-refractivity contribution in [1.82, 2.24) is 0 Å². The van der Waals surface area contributed by atoms with Crippen molar-refractivity contribution < 1.29 is 4.42 Å². The van der Waals surface area contributed by atoms with Crippen LogP contribution in [-0.4, -0.2) is 0 Å². The van der Waals surface area contributed by atoms with Crippen molar-refractivity contribution in [2.24, 2.45) is 0 Å². The summed E-state index contributed by atoms with van der Waals surface area (Å²) in [5.41, 5.74) is 7.09. The lowest BCUT2D eigenvalue weighted by Gasteiger charge is -2.05. The van der Waals surface area contributed by atoms with E-state index in [4.69, 9.17) is 10.2 Å². The maximum absolute atomic E-state index is 11.5. The van der Waals surface area contributed by atoms with Gasteiger partial charge in [0.05, 0.1) is 0 Å². The molecule has 0 saturated heterocycles. The summed E-state index contributed by atoms with van der Waals surface area (Å²) in [4.78, 5) is 11.5. The Hall–Kier alpha value is -1.77. The minimum absolute atomic E-state index is 0.172. The van der Waals surface area contributed by atoms with Crippen molar-refractivity contribution in [3.05, 3.63) is 40.2 Å². The van der Waals surface area contributed by atoms with Crippen molar-refractivity contribution in [2.45, 2.75) is 39.0 Å². The summed E-state index contributed by atoms with van der Waals surface area (Å²) in [6.07, 6.45) is 5.76. The van der Waals surface area contributed by atoms with Gasteiger partial charge in [-0.1, -0.05) is 44.4 Å². The zero-order chi connectivity index (χ0) is 13.0. The third-order valence-electron chi connectivity index (χ3n) is 3.17. The Morgan fingerprint density at radius 3 is 2.83 bits per heavy atom. The molecule has 0 aliphatic carbocycles. The van der Waals surface area contributed by atoms with Crippen LogP contribution in [0.1, 0.15) is 38.2 Å². The van der Waals surface area contributed by atoms with Crippen LogP contribution in [0, 0.1) is 0 Å². The first-order valence-electron chi connectivity index (χ1n) is 6.53. The fraction of sp³-hybridized carbons (Fsp3) is 0.400. The molecule has 0 saturated carbocycles. The van der Waals surface area contributed by atoms with Crippen LogP contribution in [-0.2, 0) is 6.42 Å². The number of hydrogen-bond donors (Lipinski definition) is 1. The Kier molecular flexibility index (Phi) is 4.03. The smallest absolute Gasteiger partial charge is 0.359 e. The van der Waals surface area contributed by atoms with Crippen LogP contribution in [0.3, 0.4) is 0 Å². The fourth-order valence-electron chi connectivity index (χ4n) is 2.16. The molecule has 0 aliphatic heterocycles. The van der Waals surface area contributed by atoms with E-state index in [0.717, 1.165) is 23.8 Å². The standard InChI is InChI=1S/C15H19NO2/c1-2-3-4-5-7-11-8-6-9-12-10-13(16)15(17)18-14(11)12/h6,8-10H,2-5,7,16H2,1H3. The first-order chi connectivity index (χ1) is 8.72. The van der Waals surface area contributed by atoms with Gasteiger partial charge in [0.15, 0.2) is 0 Å². The highest BCUT2D eigenvalue weighted by atomic mass is 16.4. The fourth-order valence-corrected chi connectivity index (χ4v) is 2.16. The molecule has 2 aromatic rings. The second-order valence-electron chi connectivity index (χ2n) is 4.64. The van der Waals surface area contributed by atoms with Crippen molar-refractivity contribution >= 4 is 16.7 Å². The van der Waals surface area contributed by atoms with Crippen LogP contribution in [0.25, 0.3) is 11.0 Å². The van der Waals surface area contributed by atoms with Crippen LogP contribution >= 0.6 is 0 Å². The number of unbranched alkanes of at least 4 members (excludes halogenated alkanes) is 3. The molecule has 0 spiro atoms. The summed E-state index contributed by atoms with van der Waals surface area (Å²) >= 11 is 0. The largest absolute Gasteiger partial charge is 0.421 e. The molecule has 96 valence electrons. The number of rotatable bonds is 5. The summed E-state index contributed by atoms with van der Waals surface area (Å²) in [6.45, 7) is 2.19. The van der Waals surface area contributed by atoms with Gasteiger partial charge in [-0.3, -0.25) is 0 Å². The molecule has 1 heterocycles. The average molecular weight is 245 g/mol. The highest BCUT2D eigenvalue weighted by Gasteiger charge is 2.06. The predicted molar refractivity (Wildman–Crippen MR) is 74.7 cm³/mol. The first-order valence-corrected chi connectivity index (χ1v) is 6.53. The van der Waals surface area contributed by atoms with E-state index < -0.39 is 5.63 Å². The third kappa shape index (κ3) is 2.73. The summed E-state index contributed by atoms with van der Waals surface area (Å²) in [5.74, 6) is 0. The van der Waals surface area contributed by atoms with Crippen LogP contribution in [0.5, 0.6) is 0 Å². The van der Waals surface area contributed by atoms with Crippen LogP contribution in [0.2, 0.25) is 0 Å². The number of anilines is 1. The molecule has 2 N–H and O–H groups in total. The molecule has 1 aromatic heterocycles. The Bertz CT molecular complexity index is 587. The van der Waals surface area contributed by atoms with E-state index >= 15 is 0 Å². The number of para-hydroxylation sites is 1. The predicted octanol–water partition coefficient (Wildman–Crippen LogP) is 3.50. The molecule has 18 heavy (non-hydrogen) atoms. The van der Waals surface area contributed by atoms with Gasteiger partial charge in [-0.05, 0) is 24.5 Å². The molecule has 1 aromatic carbocycles. The highest BCUT2D eigenvalue weighted by molar-refractivity contribution is 5.82. The monoisotopic (exact) mass is 245 g/mol. The molecule has 0 bridgehead atoms. The first kappa shape index (κ1) is 12.7. The molecule has 0 fully saturated rings. The lowest BCUT2D eigenvalue weighted by molar-refractivity contribution is 0.557. The molecule has 0 aliphatic rings. The average Bonchev–Trinajstić information content (AvgIpc) is 2.36. The minimum atomic E-state index is -0.441. The summed E-state index contributed by atoms with van der Waals surface area (Å²) < 4.78 is 5.30. The molecule has 3 nitrogen and oxygen atoms in total. The molecular formula is C15H19NO2. The molecule has 0 radical (unpaired) electrons. The second kappa shape index (κ2) is 5.71. The third-order valence-corrected chi connectivity index (χ3v) is 3.17. The van der Waals surface area contributed by atoms with Gasteiger partial charge in [-0.2, -0.15) is 0 Å². The minimum Gasteiger partial charge on any atom is -0.421 e. The highest BCUT2D eigenvalue weighted by Crippen LogP contribution is 2.20. The maximum atomic E-state index is 11.5. The molecular weight excluding hydrogens is 226 g/mol. The van der Waals surface area contributed by atoms with Gasteiger partial charge >= 0.3 is 5.63 Å². The van der Waals surface area contributed by atoms with E-state index in [0.29, 0.717) is 5.58 Å². The van der Waals surface area contributed by atoms with Crippen LogP contribution < -0.4 is 11.4 Å². The van der Waals surface area contributed by atoms with Crippen molar-refractivity contribution in [3.8, 4) is 0 Å².